The Labute approximate surface area is 74.0 Å². The Balaban J connectivity index is 3.08. The standard InChI is InChI=1S/C9H7N3O/c1-12-7-4-2-3-6(5-10)8(7)9(13)11-12/h2-4H,1H3,(H,11,13). The van der Waals surface area contributed by atoms with Crippen molar-refractivity contribution in [3.05, 3.63) is 34.1 Å². The first kappa shape index (κ1) is 7.62. The van der Waals surface area contributed by atoms with Gasteiger partial charge in [-0.05, 0) is 12.1 Å². The number of nitriles is 1. The van der Waals surface area contributed by atoms with Gasteiger partial charge in [-0.3, -0.25) is 14.6 Å². The van der Waals surface area contributed by atoms with E-state index in [9.17, 15) is 4.79 Å². The Bertz CT molecular complexity index is 556. The maximum absolute atomic E-state index is 11.4. The van der Waals surface area contributed by atoms with Crippen LogP contribution in [0.15, 0.2) is 23.0 Å². The monoisotopic (exact) mass is 173 g/mol. The Hall–Kier alpha value is -2.02. The molecule has 1 aromatic heterocycles. The van der Waals surface area contributed by atoms with Gasteiger partial charge in [-0.2, -0.15) is 5.26 Å². The van der Waals surface area contributed by atoms with E-state index in [2.05, 4.69) is 5.10 Å². The molecule has 0 spiro atoms. The number of aryl methyl sites for hydroxylation is 1. The van der Waals surface area contributed by atoms with Crippen LogP contribution in [0.1, 0.15) is 5.56 Å². The minimum atomic E-state index is -0.213. The molecule has 0 aliphatic carbocycles. The molecule has 0 bridgehead atoms. The van der Waals surface area contributed by atoms with Crippen molar-refractivity contribution in [1.29, 1.82) is 5.26 Å². The molecule has 0 saturated carbocycles. The van der Waals surface area contributed by atoms with Crippen LogP contribution in [0.25, 0.3) is 10.9 Å². The summed E-state index contributed by atoms with van der Waals surface area (Å²) in [5.41, 5.74) is 0.957. The fourth-order valence-electron chi connectivity index (χ4n) is 1.42. The van der Waals surface area contributed by atoms with Gasteiger partial charge in [-0.1, -0.05) is 6.07 Å². The molecule has 0 unspecified atom stereocenters. The second kappa shape index (κ2) is 2.49. The van der Waals surface area contributed by atoms with Gasteiger partial charge < -0.3 is 0 Å². The van der Waals surface area contributed by atoms with Gasteiger partial charge in [0.15, 0.2) is 0 Å². The van der Waals surface area contributed by atoms with Gasteiger partial charge in [0.25, 0.3) is 5.56 Å². The largest absolute Gasteiger partial charge is 0.288 e. The summed E-state index contributed by atoms with van der Waals surface area (Å²) in [5, 5.41) is 11.8. The fourth-order valence-corrected chi connectivity index (χ4v) is 1.42. The lowest BCUT2D eigenvalue weighted by molar-refractivity contribution is 0.783. The summed E-state index contributed by atoms with van der Waals surface area (Å²) in [6, 6.07) is 7.19. The van der Waals surface area contributed by atoms with Crippen molar-refractivity contribution in [2.24, 2.45) is 7.05 Å². The van der Waals surface area contributed by atoms with E-state index in [1.807, 2.05) is 6.07 Å². The lowest BCUT2D eigenvalue weighted by Gasteiger charge is -1.93. The number of rotatable bonds is 0. The molecule has 0 saturated heterocycles. The molecular weight excluding hydrogens is 166 g/mol. The van der Waals surface area contributed by atoms with E-state index in [1.165, 1.54) is 0 Å². The van der Waals surface area contributed by atoms with Crippen LogP contribution < -0.4 is 5.56 Å². The third-order valence-corrected chi connectivity index (χ3v) is 2.02. The minimum Gasteiger partial charge on any atom is -0.288 e. The molecule has 0 fully saturated rings. The van der Waals surface area contributed by atoms with Crippen LogP contribution in [0.5, 0.6) is 0 Å². The molecule has 2 rings (SSSR count). The van der Waals surface area contributed by atoms with E-state index < -0.39 is 0 Å². The summed E-state index contributed by atoms with van der Waals surface area (Å²) in [4.78, 5) is 11.4. The zero-order valence-electron chi connectivity index (χ0n) is 7.03. The smallest absolute Gasteiger partial charge is 0.273 e. The van der Waals surface area contributed by atoms with E-state index in [-0.39, 0.29) is 5.56 Å². The summed E-state index contributed by atoms with van der Waals surface area (Å²) in [7, 11) is 1.74. The van der Waals surface area contributed by atoms with Gasteiger partial charge in [0.1, 0.15) is 6.07 Å². The summed E-state index contributed by atoms with van der Waals surface area (Å²) >= 11 is 0. The minimum absolute atomic E-state index is 0.213. The van der Waals surface area contributed by atoms with Crippen LogP contribution in [0.2, 0.25) is 0 Å². The predicted octanol–water partition coefficient (Wildman–Crippen LogP) is 0.738. The Morgan fingerprint density at radius 2 is 2.31 bits per heavy atom. The normalized spacial score (nSPS) is 10.2. The van der Waals surface area contributed by atoms with Gasteiger partial charge in [0, 0.05) is 7.05 Å². The van der Waals surface area contributed by atoms with Crippen LogP contribution in [0.4, 0.5) is 0 Å². The lowest BCUT2D eigenvalue weighted by atomic mass is 10.1. The Kier molecular flexibility index (Phi) is 1.46. The summed E-state index contributed by atoms with van der Waals surface area (Å²) in [6.07, 6.45) is 0. The van der Waals surface area contributed by atoms with E-state index >= 15 is 0 Å². The van der Waals surface area contributed by atoms with Crippen molar-refractivity contribution < 1.29 is 0 Å². The third kappa shape index (κ3) is 0.942. The fraction of sp³-hybridized carbons (Fsp3) is 0.111. The molecule has 0 atom stereocenters. The number of benzene rings is 1. The van der Waals surface area contributed by atoms with Crippen molar-refractivity contribution in [3.8, 4) is 6.07 Å². The van der Waals surface area contributed by atoms with Gasteiger partial charge >= 0.3 is 0 Å². The quantitative estimate of drug-likeness (QED) is 0.638. The molecular formula is C9H7N3O. The predicted molar refractivity (Wildman–Crippen MR) is 48.3 cm³/mol. The molecule has 0 amide bonds. The Morgan fingerprint density at radius 1 is 1.54 bits per heavy atom. The van der Waals surface area contributed by atoms with Crippen molar-refractivity contribution in [3.63, 3.8) is 0 Å². The molecule has 1 N–H and O–H groups in total. The molecule has 1 heterocycles. The number of aromatic nitrogens is 2. The van der Waals surface area contributed by atoms with Crippen molar-refractivity contribution in [1.82, 2.24) is 9.78 Å². The average molecular weight is 173 g/mol. The molecule has 4 nitrogen and oxygen atoms in total. The van der Waals surface area contributed by atoms with Gasteiger partial charge in [0.05, 0.1) is 16.5 Å². The summed E-state index contributed by atoms with van der Waals surface area (Å²) in [6.45, 7) is 0. The number of nitrogens with one attached hydrogen (secondary N) is 1. The van der Waals surface area contributed by atoms with E-state index in [1.54, 1.807) is 29.9 Å². The van der Waals surface area contributed by atoms with Gasteiger partial charge in [0.2, 0.25) is 0 Å². The first-order chi connectivity index (χ1) is 6.24. The maximum Gasteiger partial charge on any atom is 0.273 e. The maximum atomic E-state index is 11.4. The number of H-pyrrole nitrogens is 1. The zero-order chi connectivity index (χ0) is 9.42. The second-order valence-corrected chi connectivity index (χ2v) is 2.81. The highest BCUT2D eigenvalue weighted by molar-refractivity contribution is 5.84. The highest BCUT2D eigenvalue weighted by Gasteiger charge is 2.07. The van der Waals surface area contributed by atoms with Crippen molar-refractivity contribution in [2.75, 3.05) is 0 Å². The number of fused-ring (bicyclic) bond motifs is 1. The number of hydrogen-bond donors (Lipinski definition) is 1. The van der Waals surface area contributed by atoms with Crippen LogP contribution in [0, 0.1) is 11.3 Å². The molecule has 0 radical (unpaired) electrons. The van der Waals surface area contributed by atoms with Gasteiger partial charge in [-0.15, -0.1) is 0 Å². The average Bonchev–Trinajstić information content (AvgIpc) is 2.43. The van der Waals surface area contributed by atoms with Crippen LogP contribution in [-0.4, -0.2) is 9.78 Å². The highest BCUT2D eigenvalue weighted by atomic mass is 16.1. The summed E-state index contributed by atoms with van der Waals surface area (Å²) in [5.74, 6) is 0. The van der Waals surface area contributed by atoms with Crippen LogP contribution in [0.3, 0.4) is 0 Å². The second-order valence-electron chi connectivity index (χ2n) is 2.81. The molecule has 1 aromatic carbocycles. The molecule has 4 heteroatoms. The first-order valence-electron chi connectivity index (χ1n) is 3.82. The lowest BCUT2D eigenvalue weighted by Crippen LogP contribution is -2.02. The number of hydrogen-bond acceptors (Lipinski definition) is 2. The number of aromatic amines is 1. The van der Waals surface area contributed by atoms with Crippen LogP contribution in [-0.2, 0) is 7.05 Å². The van der Waals surface area contributed by atoms with E-state index in [4.69, 9.17) is 5.26 Å². The molecule has 13 heavy (non-hydrogen) atoms. The third-order valence-electron chi connectivity index (χ3n) is 2.02. The molecule has 2 aromatic rings. The zero-order valence-corrected chi connectivity index (χ0v) is 7.03. The number of nitrogens with zero attached hydrogens (tertiary/aromatic N) is 2. The Morgan fingerprint density at radius 3 is 3.00 bits per heavy atom. The highest BCUT2D eigenvalue weighted by Crippen LogP contribution is 2.12. The van der Waals surface area contributed by atoms with Crippen molar-refractivity contribution >= 4 is 10.9 Å². The molecule has 64 valence electrons. The topological polar surface area (TPSA) is 61.6 Å². The van der Waals surface area contributed by atoms with Gasteiger partial charge in [-0.25, -0.2) is 0 Å². The first-order valence-corrected chi connectivity index (χ1v) is 3.82. The van der Waals surface area contributed by atoms with Crippen molar-refractivity contribution in [2.45, 2.75) is 0 Å². The summed E-state index contributed by atoms with van der Waals surface area (Å²) < 4.78 is 1.61. The van der Waals surface area contributed by atoms with Crippen LogP contribution >= 0.6 is 0 Å². The SMILES string of the molecule is Cn1[nH]c(=O)c2c(C#N)cccc21. The molecule has 0 aliphatic rings. The molecule has 0 aliphatic heterocycles. The van der Waals surface area contributed by atoms with E-state index in [0.29, 0.717) is 10.9 Å². The van der Waals surface area contributed by atoms with E-state index in [0.717, 1.165) is 5.52 Å².